The number of esters is 2. The molecule has 32 heavy (non-hydrogen) atoms. The van der Waals surface area contributed by atoms with Crippen LogP contribution in [0.25, 0.3) is 0 Å². The van der Waals surface area contributed by atoms with Crippen LogP contribution in [0.15, 0.2) is 70.3 Å². The summed E-state index contributed by atoms with van der Waals surface area (Å²) in [6.45, 7) is 5.88. The SMILES string of the molecule is CCOC(=O)C1=NN(c2ccc(C)cc2)[C@]2(S1)SC(C(=O)OC)=C(C)N2c1ccccc1. The van der Waals surface area contributed by atoms with Gasteiger partial charge in [-0.15, -0.1) is 0 Å². The number of methoxy groups -OCH3 is 1. The molecule has 2 aromatic carbocycles. The van der Waals surface area contributed by atoms with Crippen molar-refractivity contribution in [2.24, 2.45) is 5.10 Å². The van der Waals surface area contributed by atoms with E-state index in [1.54, 1.807) is 11.9 Å². The van der Waals surface area contributed by atoms with Gasteiger partial charge in [-0.3, -0.25) is 0 Å². The zero-order valence-corrected chi connectivity index (χ0v) is 19.8. The number of benzene rings is 2. The second-order valence-corrected chi connectivity index (χ2v) is 9.70. The first-order valence-corrected chi connectivity index (χ1v) is 11.7. The molecule has 0 bridgehead atoms. The summed E-state index contributed by atoms with van der Waals surface area (Å²) in [4.78, 5) is 27.8. The first kappa shape index (κ1) is 22.3. The maximum atomic E-state index is 12.7. The zero-order chi connectivity index (χ0) is 22.9. The minimum atomic E-state index is -0.980. The van der Waals surface area contributed by atoms with Crippen LogP contribution in [0.1, 0.15) is 19.4 Å². The Labute approximate surface area is 195 Å². The second-order valence-electron chi connectivity index (χ2n) is 7.10. The lowest BCUT2D eigenvalue weighted by atomic mass is 10.2. The average Bonchev–Trinajstić information content (AvgIpc) is 3.32. The molecule has 0 aliphatic carbocycles. The van der Waals surface area contributed by atoms with E-state index in [2.05, 4.69) is 5.10 Å². The molecule has 0 radical (unpaired) electrons. The number of hydrogen-bond acceptors (Lipinski definition) is 9. The quantitative estimate of drug-likeness (QED) is 0.584. The molecule has 2 aliphatic heterocycles. The number of aryl methyl sites for hydroxylation is 1. The van der Waals surface area contributed by atoms with Gasteiger partial charge in [0.05, 0.1) is 19.4 Å². The standard InChI is InChI=1S/C23H23N3O4S2/c1-5-30-22(28)20-24-26(18-13-11-15(2)12-14-18)23(32-20)25(17-9-7-6-8-10-17)16(3)19(31-23)21(27)29-4/h6-14H,5H2,1-4H3/t23-/m0/s1. The second kappa shape index (κ2) is 8.91. The highest BCUT2D eigenvalue weighted by Gasteiger charge is 2.58. The van der Waals surface area contributed by atoms with Crippen molar-refractivity contribution in [2.75, 3.05) is 23.6 Å². The third-order valence-electron chi connectivity index (χ3n) is 4.98. The zero-order valence-electron chi connectivity index (χ0n) is 18.2. The summed E-state index contributed by atoms with van der Waals surface area (Å²) >= 11 is 2.56. The van der Waals surface area contributed by atoms with Crippen LogP contribution < -0.4 is 9.91 Å². The maximum absolute atomic E-state index is 12.7. The fourth-order valence-corrected chi connectivity index (χ4v) is 6.49. The van der Waals surface area contributed by atoms with E-state index < -0.39 is 16.3 Å². The van der Waals surface area contributed by atoms with Crippen LogP contribution in [0.5, 0.6) is 0 Å². The van der Waals surface area contributed by atoms with Gasteiger partial charge >= 0.3 is 11.9 Å². The predicted molar refractivity (Wildman–Crippen MR) is 129 cm³/mol. The Morgan fingerprint density at radius 2 is 1.66 bits per heavy atom. The Bertz CT molecular complexity index is 1100. The highest BCUT2D eigenvalue weighted by atomic mass is 32.2. The summed E-state index contributed by atoms with van der Waals surface area (Å²) in [6.07, 6.45) is 0. The molecule has 0 unspecified atom stereocenters. The number of nitrogens with zero attached hydrogens (tertiary/aromatic N) is 3. The van der Waals surface area contributed by atoms with Crippen LogP contribution in [0.3, 0.4) is 0 Å². The van der Waals surface area contributed by atoms with Crippen molar-refractivity contribution >= 4 is 51.9 Å². The molecule has 0 amide bonds. The van der Waals surface area contributed by atoms with Gasteiger partial charge in [0, 0.05) is 11.4 Å². The highest BCUT2D eigenvalue weighted by Crippen LogP contribution is 2.60. The van der Waals surface area contributed by atoms with Gasteiger partial charge in [0.1, 0.15) is 4.91 Å². The van der Waals surface area contributed by atoms with Crippen LogP contribution in [0.4, 0.5) is 11.4 Å². The molecule has 1 atom stereocenters. The van der Waals surface area contributed by atoms with Crippen molar-refractivity contribution in [1.29, 1.82) is 0 Å². The normalized spacial score (nSPS) is 20.1. The number of hydrogen-bond donors (Lipinski definition) is 0. The van der Waals surface area contributed by atoms with Crippen molar-refractivity contribution in [3.8, 4) is 0 Å². The minimum Gasteiger partial charge on any atom is -0.465 e. The Balaban J connectivity index is 1.89. The van der Waals surface area contributed by atoms with Gasteiger partial charge in [-0.1, -0.05) is 47.7 Å². The van der Waals surface area contributed by atoms with Crippen LogP contribution in [-0.4, -0.2) is 35.0 Å². The Kier molecular flexibility index (Phi) is 6.21. The fourth-order valence-electron chi connectivity index (χ4n) is 3.51. The number of hydrazone groups is 1. The van der Waals surface area contributed by atoms with Gasteiger partial charge in [-0.2, -0.15) is 5.10 Å². The number of carbonyl (C=O) groups excluding carboxylic acids is 2. The van der Waals surface area contributed by atoms with Crippen LogP contribution in [0, 0.1) is 6.92 Å². The average molecular weight is 470 g/mol. The molecule has 2 heterocycles. The third kappa shape index (κ3) is 3.75. The Hall–Kier alpha value is -2.91. The van der Waals surface area contributed by atoms with Crippen LogP contribution in [0.2, 0.25) is 0 Å². The third-order valence-corrected chi connectivity index (χ3v) is 7.83. The molecule has 0 saturated carbocycles. The van der Waals surface area contributed by atoms with E-state index >= 15 is 0 Å². The molecule has 0 saturated heterocycles. The molecular weight excluding hydrogens is 446 g/mol. The predicted octanol–water partition coefficient (Wildman–Crippen LogP) is 4.69. The lowest BCUT2D eigenvalue weighted by Crippen LogP contribution is -2.49. The molecule has 0 N–H and O–H groups in total. The number of carbonyl (C=O) groups is 2. The van der Waals surface area contributed by atoms with Crippen molar-refractivity contribution in [3.05, 3.63) is 70.8 Å². The fraction of sp³-hybridized carbons (Fsp3) is 0.261. The first-order valence-electron chi connectivity index (χ1n) is 10.1. The topological polar surface area (TPSA) is 71.4 Å². The molecule has 1 spiro atoms. The summed E-state index contributed by atoms with van der Waals surface area (Å²) in [7, 11) is 1.36. The van der Waals surface area contributed by atoms with Gasteiger partial charge in [0.2, 0.25) is 9.37 Å². The minimum absolute atomic E-state index is 0.222. The van der Waals surface area contributed by atoms with Crippen LogP contribution >= 0.6 is 23.5 Å². The summed E-state index contributed by atoms with van der Waals surface area (Å²) in [5.41, 5.74) is 3.47. The van der Waals surface area contributed by atoms with E-state index in [1.165, 1.54) is 30.6 Å². The van der Waals surface area contributed by atoms with Crippen molar-refractivity contribution in [2.45, 2.75) is 25.1 Å². The molecule has 2 aromatic rings. The van der Waals surface area contributed by atoms with Gasteiger partial charge in [0.15, 0.2) is 0 Å². The van der Waals surface area contributed by atoms with E-state index in [4.69, 9.17) is 9.47 Å². The lowest BCUT2D eigenvalue weighted by molar-refractivity contribution is -0.135. The molecule has 166 valence electrons. The molecule has 0 aromatic heterocycles. The first-order chi connectivity index (χ1) is 15.4. The Morgan fingerprint density at radius 1 is 0.969 bits per heavy atom. The molecule has 0 fully saturated rings. The van der Waals surface area contributed by atoms with E-state index in [-0.39, 0.29) is 11.7 Å². The Morgan fingerprint density at radius 3 is 2.28 bits per heavy atom. The number of rotatable bonds is 5. The van der Waals surface area contributed by atoms with Gasteiger partial charge in [0.25, 0.3) is 0 Å². The van der Waals surface area contributed by atoms with Gasteiger partial charge < -0.3 is 14.4 Å². The number of ether oxygens (including phenoxy) is 2. The highest BCUT2D eigenvalue weighted by molar-refractivity contribution is 8.29. The lowest BCUT2D eigenvalue weighted by Gasteiger charge is -2.41. The van der Waals surface area contributed by atoms with Gasteiger partial charge in [-0.25, -0.2) is 14.6 Å². The number of thioether (sulfide) groups is 2. The smallest absolute Gasteiger partial charge is 0.365 e. The molecule has 7 nitrogen and oxygen atoms in total. The van der Waals surface area contributed by atoms with E-state index in [0.29, 0.717) is 4.91 Å². The van der Waals surface area contributed by atoms with Gasteiger partial charge in [-0.05, 0) is 56.8 Å². The van der Waals surface area contributed by atoms with Crippen molar-refractivity contribution in [3.63, 3.8) is 0 Å². The largest absolute Gasteiger partial charge is 0.465 e. The maximum Gasteiger partial charge on any atom is 0.365 e. The van der Waals surface area contributed by atoms with E-state index in [1.807, 2.05) is 73.3 Å². The molecular formula is C23H23N3O4S2. The van der Waals surface area contributed by atoms with Crippen molar-refractivity contribution < 1.29 is 19.1 Å². The number of anilines is 2. The summed E-state index contributed by atoms with van der Waals surface area (Å²) in [5, 5.41) is 6.67. The molecule has 4 rings (SSSR count). The number of allylic oxidation sites excluding steroid dienone is 1. The summed E-state index contributed by atoms with van der Waals surface area (Å²) in [5.74, 6) is -0.927. The molecule has 9 heteroatoms. The monoisotopic (exact) mass is 469 g/mol. The van der Waals surface area contributed by atoms with E-state index in [9.17, 15) is 9.59 Å². The summed E-state index contributed by atoms with van der Waals surface area (Å²) in [6, 6.07) is 17.6. The van der Waals surface area contributed by atoms with Crippen molar-refractivity contribution in [1.82, 2.24) is 0 Å². The number of para-hydroxylation sites is 1. The van der Waals surface area contributed by atoms with E-state index in [0.717, 1.165) is 22.6 Å². The van der Waals surface area contributed by atoms with Crippen LogP contribution in [-0.2, 0) is 19.1 Å². The molecule has 2 aliphatic rings. The summed E-state index contributed by atoms with van der Waals surface area (Å²) < 4.78 is 9.32.